The Kier molecular flexibility index (Phi) is 5.36. The highest BCUT2D eigenvalue weighted by atomic mass is 35.5. The maximum Gasteiger partial charge on any atom is 0.229 e. The van der Waals surface area contributed by atoms with Gasteiger partial charge in [0.05, 0.1) is 18.5 Å². The Morgan fingerprint density at radius 3 is 2.52 bits per heavy atom. The third-order valence-corrected chi connectivity index (χ3v) is 4.09. The van der Waals surface area contributed by atoms with Crippen LogP contribution in [0, 0.1) is 24.4 Å². The average Bonchev–Trinajstić information content (AvgIpc) is 2.65. The first-order valence-electron chi connectivity index (χ1n) is 7.73. The fourth-order valence-corrected chi connectivity index (χ4v) is 2.45. The van der Waals surface area contributed by atoms with E-state index in [-0.39, 0.29) is 11.6 Å². The molecule has 0 unspecified atom stereocenters. The molecule has 2 aromatic carbocycles. The molecule has 3 rings (SSSR count). The SMILES string of the molecule is COc1cc(Cl)c(C)cc1Nc1ccnc(Nc2ccc(F)c(F)c2F)n1. The van der Waals surface area contributed by atoms with E-state index in [4.69, 9.17) is 16.3 Å². The molecule has 0 radical (unpaired) electrons. The number of hydrogen-bond acceptors (Lipinski definition) is 5. The van der Waals surface area contributed by atoms with Crippen molar-refractivity contribution >= 4 is 34.7 Å². The summed E-state index contributed by atoms with van der Waals surface area (Å²) in [6.07, 6.45) is 1.42. The van der Waals surface area contributed by atoms with E-state index in [1.165, 1.54) is 13.3 Å². The summed E-state index contributed by atoms with van der Waals surface area (Å²) < 4.78 is 45.5. The Hall–Kier alpha value is -3.00. The van der Waals surface area contributed by atoms with Gasteiger partial charge >= 0.3 is 0 Å². The maximum absolute atomic E-state index is 13.8. The molecule has 0 fully saturated rings. The Morgan fingerprint density at radius 2 is 1.78 bits per heavy atom. The molecular formula is C18H14ClF3N4O. The zero-order chi connectivity index (χ0) is 19.6. The number of halogens is 4. The summed E-state index contributed by atoms with van der Waals surface area (Å²) in [6.45, 7) is 1.84. The molecule has 0 saturated carbocycles. The quantitative estimate of drug-likeness (QED) is 0.571. The molecule has 0 aliphatic heterocycles. The lowest BCUT2D eigenvalue weighted by atomic mass is 10.2. The average molecular weight is 395 g/mol. The van der Waals surface area contributed by atoms with E-state index < -0.39 is 17.5 Å². The summed E-state index contributed by atoms with van der Waals surface area (Å²) in [6, 6.07) is 6.89. The number of aromatic nitrogens is 2. The van der Waals surface area contributed by atoms with Crippen molar-refractivity contribution in [2.24, 2.45) is 0 Å². The van der Waals surface area contributed by atoms with Gasteiger partial charge < -0.3 is 15.4 Å². The van der Waals surface area contributed by atoms with Gasteiger partial charge in [-0.15, -0.1) is 0 Å². The minimum absolute atomic E-state index is 0.00504. The van der Waals surface area contributed by atoms with E-state index in [1.807, 2.05) is 6.92 Å². The Morgan fingerprint density at radius 1 is 1.00 bits per heavy atom. The van der Waals surface area contributed by atoms with Gasteiger partial charge in [-0.05, 0) is 36.8 Å². The van der Waals surface area contributed by atoms with Gasteiger partial charge in [-0.25, -0.2) is 18.2 Å². The summed E-state index contributed by atoms with van der Waals surface area (Å²) in [5.74, 6) is -3.34. The summed E-state index contributed by atoms with van der Waals surface area (Å²) in [7, 11) is 1.50. The van der Waals surface area contributed by atoms with Crippen LogP contribution in [0.4, 0.5) is 36.3 Å². The van der Waals surface area contributed by atoms with Crippen molar-refractivity contribution in [3.8, 4) is 5.75 Å². The van der Waals surface area contributed by atoms with E-state index in [0.29, 0.717) is 22.3 Å². The molecule has 27 heavy (non-hydrogen) atoms. The number of methoxy groups -OCH3 is 1. The van der Waals surface area contributed by atoms with Gasteiger partial charge in [0.2, 0.25) is 5.95 Å². The van der Waals surface area contributed by atoms with Gasteiger partial charge in [0.15, 0.2) is 17.5 Å². The first-order valence-corrected chi connectivity index (χ1v) is 8.11. The van der Waals surface area contributed by atoms with Crippen LogP contribution in [0.1, 0.15) is 5.56 Å². The molecule has 3 aromatic rings. The largest absolute Gasteiger partial charge is 0.495 e. The number of hydrogen-bond donors (Lipinski definition) is 2. The molecule has 2 N–H and O–H groups in total. The van der Waals surface area contributed by atoms with Crippen molar-refractivity contribution in [1.82, 2.24) is 9.97 Å². The van der Waals surface area contributed by atoms with Gasteiger partial charge in [0.25, 0.3) is 0 Å². The van der Waals surface area contributed by atoms with Crippen molar-refractivity contribution in [1.29, 1.82) is 0 Å². The lowest BCUT2D eigenvalue weighted by molar-refractivity contribution is 0.416. The van der Waals surface area contributed by atoms with Crippen LogP contribution in [0.5, 0.6) is 5.75 Å². The van der Waals surface area contributed by atoms with Crippen LogP contribution in [0.25, 0.3) is 0 Å². The summed E-state index contributed by atoms with van der Waals surface area (Å²) in [5, 5.41) is 6.12. The minimum Gasteiger partial charge on any atom is -0.495 e. The van der Waals surface area contributed by atoms with E-state index in [2.05, 4.69) is 20.6 Å². The molecular weight excluding hydrogens is 381 g/mol. The molecule has 1 heterocycles. The normalized spacial score (nSPS) is 10.6. The van der Waals surface area contributed by atoms with Crippen molar-refractivity contribution < 1.29 is 17.9 Å². The number of nitrogens with one attached hydrogen (secondary N) is 2. The first kappa shape index (κ1) is 18.8. The lowest BCUT2D eigenvalue weighted by Gasteiger charge is -2.13. The fraction of sp³-hybridized carbons (Fsp3) is 0.111. The molecule has 0 atom stereocenters. The van der Waals surface area contributed by atoms with Gasteiger partial charge in [-0.3, -0.25) is 0 Å². The molecule has 1 aromatic heterocycles. The molecule has 0 aliphatic rings. The number of benzene rings is 2. The number of anilines is 4. The van der Waals surface area contributed by atoms with Crippen molar-refractivity contribution in [3.05, 3.63) is 64.6 Å². The second kappa shape index (κ2) is 7.71. The van der Waals surface area contributed by atoms with Gasteiger partial charge in [0.1, 0.15) is 11.6 Å². The summed E-state index contributed by atoms with van der Waals surface area (Å²) >= 11 is 6.09. The fourth-order valence-electron chi connectivity index (χ4n) is 2.30. The van der Waals surface area contributed by atoms with Crippen LogP contribution < -0.4 is 15.4 Å². The lowest BCUT2D eigenvalue weighted by Crippen LogP contribution is -2.04. The first-order chi connectivity index (χ1) is 12.9. The number of ether oxygens (including phenoxy) is 1. The third-order valence-electron chi connectivity index (χ3n) is 3.68. The number of nitrogens with zero attached hydrogens (tertiary/aromatic N) is 2. The monoisotopic (exact) mass is 394 g/mol. The molecule has 9 heteroatoms. The van der Waals surface area contributed by atoms with Crippen LogP contribution >= 0.6 is 11.6 Å². The standard InChI is InChI=1S/C18H14ClF3N4O/c1-9-7-13(14(27-2)8-10(9)19)24-15-5-6-23-18(26-15)25-12-4-3-11(20)16(21)17(12)22/h3-8H,1-2H3,(H2,23,24,25,26). The Labute approximate surface area is 158 Å². The van der Waals surface area contributed by atoms with Crippen LogP contribution in [0.2, 0.25) is 5.02 Å². The van der Waals surface area contributed by atoms with Crippen LogP contribution in [-0.2, 0) is 0 Å². The van der Waals surface area contributed by atoms with Crippen molar-refractivity contribution in [3.63, 3.8) is 0 Å². The number of aryl methyl sites for hydroxylation is 1. The van der Waals surface area contributed by atoms with Gasteiger partial charge in [-0.1, -0.05) is 11.6 Å². The van der Waals surface area contributed by atoms with Crippen molar-refractivity contribution in [2.75, 3.05) is 17.7 Å². The third kappa shape index (κ3) is 4.06. The molecule has 5 nitrogen and oxygen atoms in total. The highest BCUT2D eigenvalue weighted by Gasteiger charge is 2.14. The van der Waals surface area contributed by atoms with Crippen LogP contribution in [0.15, 0.2) is 36.5 Å². The maximum atomic E-state index is 13.8. The van der Waals surface area contributed by atoms with Gasteiger partial charge in [-0.2, -0.15) is 4.98 Å². The summed E-state index contributed by atoms with van der Waals surface area (Å²) in [5.41, 5.74) is 1.16. The van der Waals surface area contributed by atoms with Crippen LogP contribution in [0.3, 0.4) is 0 Å². The molecule has 0 spiro atoms. The van der Waals surface area contributed by atoms with Crippen molar-refractivity contribution in [2.45, 2.75) is 6.92 Å². The molecule has 0 saturated heterocycles. The second-order valence-electron chi connectivity index (χ2n) is 5.54. The Bertz CT molecular complexity index is 1000. The van der Waals surface area contributed by atoms with E-state index in [0.717, 1.165) is 17.7 Å². The van der Waals surface area contributed by atoms with Crippen LogP contribution in [-0.4, -0.2) is 17.1 Å². The topological polar surface area (TPSA) is 59.1 Å². The minimum atomic E-state index is -1.57. The van der Waals surface area contributed by atoms with Gasteiger partial charge in [0, 0.05) is 17.3 Å². The zero-order valence-corrected chi connectivity index (χ0v) is 15.0. The summed E-state index contributed by atoms with van der Waals surface area (Å²) in [4.78, 5) is 8.13. The Balaban J connectivity index is 1.87. The van der Waals surface area contributed by atoms with E-state index >= 15 is 0 Å². The molecule has 140 valence electrons. The van der Waals surface area contributed by atoms with E-state index in [9.17, 15) is 13.2 Å². The zero-order valence-electron chi connectivity index (χ0n) is 14.3. The predicted molar refractivity (Wildman–Crippen MR) is 97.7 cm³/mol. The molecule has 0 amide bonds. The predicted octanol–water partition coefficient (Wildman–Crippen LogP) is 5.35. The van der Waals surface area contributed by atoms with E-state index in [1.54, 1.807) is 18.2 Å². The molecule has 0 bridgehead atoms. The number of rotatable bonds is 5. The smallest absolute Gasteiger partial charge is 0.229 e. The second-order valence-corrected chi connectivity index (χ2v) is 5.95. The molecule has 0 aliphatic carbocycles. The highest BCUT2D eigenvalue weighted by molar-refractivity contribution is 6.31. The highest BCUT2D eigenvalue weighted by Crippen LogP contribution is 2.33.